The Balaban J connectivity index is 1.69. The van der Waals surface area contributed by atoms with E-state index in [1.165, 1.54) is 17.0 Å². The molecule has 2 aromatic carbocycles. The van der Waals surface area contributed by atoms with Crippen LogP contribution in [0.25, 0.3) is 0 Å². The van der Waals surface area contributed by atoms with Crippen LogP contribution in [0.15, 0.2) is 59.1 Å². The van der Waals surface area contributed by atoms with Gasteiger partial charge in [0.2, 0.25) is 21.8 Å². The second-order valence-corrected chi connectivity index (χ2v) is 12.3. The van der Waals surface area contributed by atoms with Gasteiger partial charge in [0.25, 0.3) is 0 Å². The zero-order valence-electron chi connectivity index (χ0n) is 21.0. The molecule has 0 bridgehead atoms. The standard InChI is InChI=1S/C27H36BrN3O4S/c1-21(27(33)29-24-10-5-3-6-11-24)30(20-22-15-17-23(28)18-16-22)26(32)14-9-19-31(36(2,34)35)25-12-7-4-8-13-25/h4,7-8,12-13,15-18,21,24H,3,5-6,9-11,14,19-20H2,1-2H3,(H,29,33)/t21-/m1/s1. The van der Waals surface area contributed by atoms with Crippen LogP contribution in [0.2, 0.25) is 0 Å². The molecule has 7 nitrogen and oxygen atoms in total. The summed E-state index contributed by atoms with van der Waals surface area (Å²) < 4.78 is 27.0. The Bertz CT molecular complexity index is 1100. The number of hydrogen-bond acceptors (Lipinski definition) is 4. The Hall–Kier alpha value is -2.39. The van der Waals surface area contributed by atoms with Gasteiger partial charge in [-0.1, -0.05) is 65.5 Å². The van der Waals surface area contributed by atoms with Crippen LogP contribution < -0.4 is 9.62 Å². The Labute approximate surface area is 223 Å². The van der Waals surface area contributed by atoms with Gasteiger partial charge in [-0.15, -0.1) is 0 Å². The molecule has 0 unspecified atom stereocenters. The van der Waals surface area contributed by atoms with E-state index >= 15 is 0 Å². The number of rotatable bonds is 11. The van der Waals surface area contributed by atoms with Crippen LogP contribution in [0.5, 0.6) is 0 Å². The summed E-state index contributed by atoms with van der Waals surface area (Å²) in [6.07, 6.45) is 7.01. The van der Waals surface area contributed by atoms with Gasteiger partial charge in [-0.2, -0.15) is 0 Å². The topological polar surface area (TPSA) is 86.8 Å². The zero-order chi connectivity index (χ0) is 26.1. The molecule has 2 amide bonds. The van der Waals surface area contributed by atoms with Gasteiger partial charge in [0, 0.05) is 30.0 Å². The molecule has 0 saturated heterocycles. The summed E-state index contributed by atoms with van der Waals surface area (Å²) in [5.41, 5.74) is 1.49. The van der Waals surface area contributed by atoms with Crippen molar-refractivity contribution in [2.75, 3.05) is 17.1 Å². The summed E-state index contributed by atoms with van der Waals surface area (Å²) in [5, 5.41) is 3.14. The summed E-state index contributed by atoms with van der Waals surface area (Å²) in [4.78, 5) is 28.1. The molecular formula is C27H36BrN3O4S. The third-order valence-electron chi connectivity index (χ3n) is 6.58. The van der Waals surface area contributed by atoms with E-state index in [1.54, 1.807) is 36.1 Å². The molecule has 1 N–H and O–H groups in total. The normalized spacial score (nSPS) is 15.2. The Morgan fingerprint density at radius 3 is 2.28 bits per heavy atom. The molecule has 0 aromatic heterocycles. The van der Waals surface area contributed by atoms with Crippen molar-refractivity contribution in [3.05, 3.63) is 64.6 Å². The van der Waals surface area contributed by atoms with E-state index in [2.05, 4.69) is 21.2 Å². The van der Waals surface area contributed by atoms with Crippen molar-refractivity contribution in [2.24, 2.45) is 0 Å². The minimum absolute atomic E-state index is 0.135. The first-order valence-electron chi connectivity index (χ1n) is 12.5. The fourth-order valence-electron chi connectivity index (χ4n) is 4.54. The predicted molar refractivity (Wildman–Crippen MR) is 147 cm³/mol. The van der Waals surface area contributed by atoms with Gasteiger partial charge in [0.15, 0.2) is 0 Å². The number of para-hydroxylation sites is 1. The largest absolute Gasteiger partial charge is 0.352 e. The molecule has 0 aliphatic heterocycles. The van der Waals surface area contributed by atoms with Gasteiger partial charge in [-0.05, 0) is 56.0 Å². The molecule has 2 aromatic rings. The van der Waals surface area contributed by atoms with E-state index < -0.39 is 16.1 Å². The summed E-state index contributed by atoms with van der Waals surface area (Å²) in [6.45, 7) is 2.25. The Morgan fingerprint density at radius 1 is 1.03 bits per heavy atom. The summed E-state index contributed by atoms with van der Waals surface area (Å²) in [6, 6.07) is 16.1. The van der Waals surface area contributed by atoms with Crippen LogP contribution in [0.4, 0.5) is 5.69 Å². The molecule has 1 aliphatic carbocycles. The van der Waals surface area contributed by atoms with Crippen LogP contribution in [0.1, 0.15) is 57.4 Å². The van der Waals surface area contributed by atoms with E-state index in [0.717, 1.165) is 35.7 Å². The summed E-state index contributed by atoms with van der Waals surface area (Å²) in [7, 11) is -3.50. The number of carbonyl (C=O) groups is 2. The first kappa shape index (κ1) is 28.2. The van der Waals surface area contributed by atoms with Crippen LogP contribution in [0.3, 0.4) is 0 Å². The van der Waals surface area contributed by atoms with E-state index in [1.807, 2.05) is 30.3 Å². The summed E-state index contributed by atoms with van der Waals surface area (Å²) >= 11 is 3.43. The van der Waals surface area contributed by atoms with Crippen molar-refractivity contribution in [3.8, 4) is 0 Å². The number of halogens is 1. The number of hydrogen-bond donors (Lipinski definition) is 1. The SMILES string of the molecule is C[C@H](C(=O)NC1CCCCC1)N(Cc1ccc(Br)cc1)C(=O)CCCN(c1ccccc1)S(C)(=O)=O. The maximum Gasteiger partial charge on any atom is 0.242 e. The molecule has 0 heterocycles. The highest BCUT2D eigenvalue weighted by atomic mass is 79.9. The smallest absolute Gasteiger partial charge is 0.242 e. The second-order valence-electron chi connectivity index (χ2n) is 9.44. The number of nitrogens with one attached hydrogen (secondary N) is 1. The minimum Gasteiger partial charge on any atom is -0.352 e. The number of anilines is 1. The zero-order valence-corrected chi connectivity index (χ0v) is 23.4. The van der Waals surface area contributed by atoms with Crippen LogP contribution in [-0.2, 0) is 26.2 Å². The maximum absolute atomic E-state index is 13.4. The molecule has 9 heteroatoms. The molecule has 1 fully saturated rings. The highest BCUT2D eigenvalue weighted by Gasteiger charge is 2.28. The molecule has 1 atom stereocenters. The second kappa shape index (κ2) is 13.2. The maximum atomic E-state index is 13.4. The van der Waals surface area contributed by atoms with E-state index in [-0.39, 0.29) is 30.8 Å². The number of sulfonamides is 1. The van der Waals surface area contributed by atoms with Crippen LogP contribution in [0, 0.1) is 0 Å². The first-order valence-corrected chi connectivity index (χ1v) is 15.2. The Kier molecular flexibility index (Phi) is 10.4. The number of amides is 2. The average Bonchev–Trinajstić information content (AvgIpc) is 2.86. The molecule has 1 aliphatic rings. The van der Waals surface area contributed by atoms with Crippen LogP contribution in [-0.4, -0.2) is 50.0 Å². The molecule has 0 spiro atoms. The van der Waals surface area contributed by atoms with Crippen LogP contribution >= 0.6 is 15.9 Å². The van der Waals surface area contributed by atoms with Crippen molar-refractivity contribution in [1.29, 1.82) is 0 Å². The molecule has 1 saturated carbocycles. The quantitative estimate of drug-likeness (QED) is 0.413. The molecule has 0 radical (unpaired) electrons. The minimum atomic E-state index is -3.50. The molecule has 36 heavy (non-hydrogen) atoms. The number of benzene rings is 2. The van der Waals surface area contributed by atoms with Gasteiger partial charge >= 0.3 is 0 Å². The van der Waals surface area contributed by atoms with Gasteiger partial charge in [-0.3, -0.25) is 13.9 Å². The van der Waals surface area contributed by atoms with Crippen molar-refractivity contribution < 1.29 is 18.0 Å². The Morgan fingerprint density at radius 2 is 1.67 bits per heavy atom. The van der Waals surface area contributed by atoms with E-state index in [9.17, 15) is 18.0 Å². The van der Waals surface area contributed by atoms with E-state index in [4.69, 9.17) is 0 Å². The van der Waals surface area contributed by atoms with Crippen molar-refractivity contribution in [2.45, 2.75) is 70.5 Å². The number of carbonyl (C=O) groups excluding carboxylic acids is 2. The fraction of sp³-hybridized carbons (Fsp3) is 0.481. The van der Waals surface area contributed by atoms with Crippen molar-refractivity contribution >= 4 is 43.5 Å². The third kappa shape index (κ3) is 8.34. The first-order chi connectivity index (χ1) is 17.1. The van der Waals surface area contributed by atoms with Gasteiger partial charge in [0.05, 0.1) is 11.9 Å². The number of nitrogens with zero attached hydrogens (tertiary/aromatic N) is 2. The average molecular weight is 579 g/mol. The van der Waals surface area contributed by atoms with Gasteiger partial charge in [-0.25, -0.2) is 8.42 Å². The van der Waals surface area contributed by atoms with Crippen molar-refractivity contribution in [3.63, 3.8) is 0 Å². The lowest BCUT2D eigenvalue weighted by Crippen LogP contribution is -2.50. The lowest BCUT2D eigenvalue weighted by atomic mass is 9.95. The molecule has 3 rings (SSSR count). The summed E-state index contributed by atoms with van der Waals surface area (Å²) in [5.74, 6) is -0.319. The third-order valence-corrected chi connectivity index (χ3v) is 8.30. The van der Waals surface area contributed by atoms with Gasteiger partial charge < -0.3 is 10.2 Å². The molecular weight excluding hydrogens is 542 g/mol. The monoisotopic (exact) mass is 577 g/mol. The van der Waals surface area contributed by atoms with E-state index in [0.29, 0.717) is 18.7 Å². The lowest BCUT2D eigenvalue weighted by Gasteiger charge is -2.31. The highest BCUT2D eigenvalue weighted by molar-refractivity contribution is 9.10. The fourth-order valence-corrected chi connectivity index (χ4v) is 5.77. The van der Waals surface area contributed by atoms with Crippen molar-refractivity contribution in [1.82, 2.24) is 10.2 Å². The molecule has 196 valence electrons. The lowest BCUT2D eigenvalue weighted by molar-refractivity contribution is -0.141. The predicted octanol–water partition coefficient (Wildman–Crippen LogP) is 4.86. The van der Waals surface area contributed by atoms with Gasteiger partial charge in [0.1, 0.15) is 6.04 Å². The highest BCUT2D eigenvalue weighted by Crippen LogP contribution is 2.21.